The second kappa shape index (κ2) is 4.74. The van der Waals surface area contributed by atoms with Gasteiger partial charge < -0.3 is 9.47 Å². The third-order valence-electron chi connectivity index (χ3n) is 3.64. The summed E-state index contributed by atoms with van der Waals surface area (Å²) in [6, 6.07) is 4.10. The monoisotopic (exact) mass is 262 g/mol. The average molecular weight is 262 g/mol. The van der Waals surface area contributed by atoms with Gasteiger partial charge in [-0.25, -0.2) is 4.79 Å². The van der Waals surface area contributed by atoms with Crippen LogP contribution in [0.5, 0.6) is 5.75 Å². The number of ether oxygens (including phenoxy) is 2. The summed E-state index contributed by atoms with van der Waals surface area (Å²) in [5.41, 5.74) is 3.35. The van der Waals surface area contributed by atoms with Gasteiger partial charge in [-0.2, -0.15) is 0 Å². The maximum absolute atomic E-state index is 11.9. The molecule has 5 heteroatoms. The van der Waals surface area contributed by atoms with Crippen LogP contribution in [0.15, 0.2) is 12.1 Å². The van der Waals surface area contributed by atoms with Crippen molar-refractivity contribution in [3.8, 4) is 5.75 Å². The highest BCUT2D eigenvalue weighted by molar-refractivity contribution is 5.90. The highest BCUT2D eigenvalue weighted by Gasteiger charge is 2.27. The summed E-state index contributed by atoms with van der Waals surface area (Å²) in [5.74, 6) is 0.743. The van der Waals surface area contributed by atoms with Gasteiger partial charge in [0.15, 0.2) is 0 Å². The van der Waals surface area contributed by atoms with E-state index in [1.54, 1.807) is 12.0 Å². The first-order valence-corrected chi connectivity index (χ1v) is 6.51. The topological polar surface area (TPSA) is 42.0 Å². The summed E-state index contributed by atoms with van der Waals surface area (Å²) >= 11 is 0. The Kier molecular flexibility index (Phi) is 3.06. The molecule has 1 aromatic carbocycles. The molecule has 19 heavy (non-hydrogen) atoms. The highest BCUT2D eigenvalue weighted by atomic mass is 16.6. The molecule has 5 nitrogen and oxygen atoms in total. The van der Waals surface area contributed by atoms with Crippen molar-refractivity contribution in [2.75, 3.05) is 32.2 Å². The van der Waals surface area contributed by atoms with Crippen molar-refractivity contribution in [2.24, 2.45) is 0 Å². The molecule has 2 aliphatic heterocycles. The third kappa shape index (κ3) is 2.14. The van der Waals surface area contributed by atoms with Crippen LogP contribution < -0.4 is 9.64 Å². The van der Waals surface area contributed by atoms with Gasteiger partial charge in [-0.1, -0.05) is 0 Å². The van der Waals surface area contributed by atoms with Crippen LogP contribution in [0.25, 0.3) is 0 Å². The molecular formula is C14H18N2O3. The number of carbonyl (C=O) groups excluding carboxylic acids is 1. The number of nitrogens with zero attached hydrogens (tertiary/aromatic N) is 2. The van der Waals surface area contributed by atoms with Crippen LogP contribution in [-0.2, 0) is 17.8 Å². The highest BCUT2D eigenvalue weighted by Crippen LogP contribution is 2.36. The number of anilines is 1. The van der Waals surface area contributed by atoms with Crippen LogP contribution in [0.1, 0.15) is 17.5 Å². The molecule has 0 atom stereocenters. The molecular weight excluding hydrogens is 244 g/mol. The average Bonchev–Trinajstić information content (AvgIpc) is 2.77. The second-order valence-corrected chi connectivity index (χ2v) is 5.08. The van der Waals surface area contributed by atoms with Gasteiger partial charge in [0.1, 0.15) is 5.75 Å². The number of amides is 1. The fourth-order valence-electron chi connectivity index (χ4n) is 2.73. The van der Waals surface area contributed by atoms with Gasteiger partial charge >= 0.3 is 6.09 Å². The zero-order chi connectivity index (χ0) is 13.4. The summed E-state index contributed by atoms with van der Waals surface area (Å²) in [4.78, 5) is 15.8. The van der Waals surface area contributed by atoms with E-state index in [2.05, 4.69) is 18.0 Å². The molecule has 1 aromatic rings. The lowest BCUT2D eigenvalue weighted by Gasteiger charge is -2.28. The normalized spacial score (nSPS) is 19.3. The molecule has 1 amide bonds. The Balaban J connectivity index is 2.00. The van der Waals surface area contributed by atoms with Gasteiger partial charge in [-0.05, 0) is 36.7 Å². The van der Waals surface area contributed by atoms with Gasteiger partial charge in [-0.15, -0.1) is 0 Å². The molecule has 0 bridgehead atoms. The lowest BCUT2D eigenvalue weighted by molar-refractivity contribution is 0.140. The Morgan fingerprint density at radius 3 is 2.68 bits per heavy atom. The molecule has 0 saturated carbocycles. The number of hydrogen-bond acceptors (Lipinski definition) is 4. The van der Waals surface area contributed by atoms with Crippen molar-refractivity contribution >= 4 is 11.8 Å². The van der Waals surface area contributed by atoms with Gasteiger partial charge in [-0.3, -0.25) is 9.80 Å². The van der Waals surface area contributed by atoms with Gasteiger partial charge in [0.2, 0.25) is 0 Å². The zero-order valence-corrected chi connectivity index (χ0v) is 11.3. The Labute approximate surface area is 112 Å². The minimum atomic E-state index is -0.282. The molecule has 3 rings (SSSR count). The van der Waals surface area contributed by atoms with Crippen molar-refractivity contribution in [1.82, 2.24) is 4.90 Å². The SMILES string of the molecule is COc1cc2c(cc1N1CCCOC1=O)CN(C)C2. The van der Waals surface area contributed by atoms with Gasteiger partial charge in [0, 0.05) is 19.6 Å². The van der Waals surface area contributed by atoms with Crippen LogP contribution in [0.2, 0.25) is 0 Å². The van der Waals surface area contributed by atoms with E-state index < -0.39 is 0 Å². The fourth-order valence-corrected chi connectivity index (χ4v) is 2.73. The molecule has 0 spiro atoms. The standard InChI is InChI=1S/C14H18N2O3/c1-15-8-10-6-12(13(18-2)7-11(10)9-15)16-4-3-5-19-14(16)17/h6-7H,3-5,8-9H2,1-2H3. The Hall–Kier alpha value is -1.75. The first-order valence-electron chi connectivity index (χ1n) is 6.51. The molecule has 1 saturated heterocycles. The van der Waals surface area contributed by atoms with E-state index in [4.69, 9.17) is 9.47 Å². The number of carbonyl (C=O) groups is 1. The molecule has 0 N–H and O–H groups in total. The number of rotatable bonds is 2. The van der Waals surface area contributed by atoms with Gasteiger partial charge in [0.05, 0.1) is 19.4 Å². The van der Waals surface area contributed by atoms with Crippen molar-refractivity contribution in [2.45, 2.75) is 19.5 Å². The lowest BCUT2D eigenvalue weighted by Crippen LogP contribution is -2.38. The van der Waals surface area contributed by atoms with Crippen LogP contribution in [0, 0.1) is 0 Å². The predicted octanol–water partition coefficient (Wildman–Crippen LogP) is 1.99. The van der Waals surface area contributed by atoms with E-state index in [0.717, 1.165) is 30.9 Å². The maximum Gasteiger partial charge on any atom is 0.414 e. The predicted molar refractivity (Wildman–Crippen MR) is 71.5 cm³/mol. The minimum absolute atomic E-state index is 0.282. The fraction of sp³-hybridized carbons (Fsp3) is 0.500. The van der Waals surface area contributed by atoms with Crippen molar-refractivity contribution in [3.05, 3.63) is 23.3 Å². The maximum atomic E-state index is 11.9. The van der Waals surface area contributed by atoms with Crippen molar-refractivity contribution < 1.29 is 14.3 Å². The van der Waals surface area contributed by atoms with E-state index in [1.165, 1.54) is 11.1 Å². The van der Waals surface area contributed by atoms with E-state index in [-0.39, 0.29) is 6.09 Å². The first kappa shape index (κ1) is 12.3. The molecule has 0 unspecified atom stereocenters. The quantitative estimate of drug-likeness (QED) is 0.817. The number of benzene rings is 1. The number of hydrogen-bond donors (Lipinski definition) is 0. The minimum Gasteiger partial charge on any atom is -0.495 e. The summed E-state index contributed by atoms with van der Waals surface area (Å²) in [5, 5.41) is 0. The van der Waals surface area contributed by atoms with Crippen LogP contribution in [0.4, 0.5) is 10.5 Å². The number of fused-ring (bicyclic) bond motifs is 1. The van der Waals surface area contributed by atoms with Gasteiger partial charge in [0.25, 0.3) is 0 Å². The largest absolute Gasteiger partial charge is 0.495 e. The van der Waals surface area contributed by atoms with Crippen molar-refractivity contribution in [3.63, 3.8) is 0 Å². The summed E-state index contributed by atoms with van der Waals surface area (Å²) in [6.45, 7) is 3.03. The Bertz CT molecular complexity index is 516. The zero-order valence-electron chi connectivity index (χ0n) is 11.3. The number of methoxy groups -OCH3 is 1. The second-order valence-electron chi connectivity index (χ2n) is 5.08. The summed E-state index contributed by atoms with van der Waals surface area (Å²) in [7, 11) is 3.72. The molecule has 0 radical (unpaired) electrons. The smallest absolute Gasteiger partial charge is 0.414 e. The Morgan fingerprint density at radius 2 is 2.00 bits per heavy atom. The van der Waals surface area contributed by atoms with E-state index in [9.17, 15) is 4.79 Å². The third-order valence-corrected chi connectivity index (χ3v) is 3.64. The first-order chi connectivity index (χ1) is 9.19. The number of cyclic esters (lactones) is 1. The molecule has 1 fully saturated rings. The molecule has 0 aliphatic carbocycles. The van der Waals surface area contributed by atoms with Crippen LogP contribution >= 0.6 is 0 Å². The lowest BCUT2D eigenvalue weighted by atomic mass is 10.1. The molecule has 2 aliphatic rings. The summed E-state index contributed by atoms with van der Waals surface area (Å²) < 4.78 is 10.5. The molecule has 2 heterocycles. The van der Waals surface area contributed by atoms with Crippen LogP contribution in [-0.4, -0.2) is 38.3 Å². The van der Waals surface area contributed by atoms with Crippen molar-refractivity contribution in [1.29, 1.82) is 0 Å². The van der Waals surface area contributed by atoms with E-state index in [0.29, 0.717) is 13.2 Å². The molecule has 102 valence electrons. The van der Waals surface area contributed by atoms with Crippen LogP contribution in [0.3, 0.4) is 0 Å². The summed E-state index contributed by atoms with van der Waals surface area (Å²) in [6.07, 6.45) is 0.571. The van der Waals surface area contributed by atoms with E-state index in [1.807, 2.05) is 6.07 Å². The molecule has 0 aromatic heterocycles. The van der Waals surface area contributed by atoms with E-state index >= 15 is 0 Å². The Morgan fingerprint density at radius 1 is 1.26 bits per heavy atom.